The maximum absolute atomic E-state index is 12.5. The molecule has 0 bridgehead atoms. The zero-order chi connectivity index (χ0) is 17.3. The first kappa shape index (κ1) is 17.0. The summed E-state index contributed by atoms with van der Waals surface area (Å²) in [5.41, 5.74) is 1.02. The molecule has 2 fully saturated rings. The molecule has 24 heavy (non-hydrogen) atoms. The first-order valence-electron chi connectivity index (χ1n) is 8.75. The van der Waals surface area contributed by atoms with Crippen molar-refractivity contribution < 1.29 is 9.59 Å². The lowest BCUT2D eigenvalue weighted by molar-refractivity contribution is -0.129. The predicted molar refractivity (Wildman–Crippen MR) is 90.8 cm³/mol. The first-order valence-corrected chi connectivity index (χ1v) is 8.75. The summed E-state index contributed by atoms with van der Waals surface area (Å²) in [6, 6.07) is -0.00441. The molecule has 2 saturated heterocycles. The minimum Gasteiger partial charge on any atom is -0.355 e. The number of nitrogens with zero attached hydrogens (tertiary/aromatic N) is 2. The summed E-state index contributed by atoms with van der Waals surface area (Å²) in [5, 5.41) is 6.10. The molecule has 0 spiro atoms. The molecule has 0 aliphatic carbocycles. The number of carbonyl (C=O) groups is 2. The van der Waals surface area contributed by atoms with E-state index in [1.807, 2.05) is 13.8 Å². The van der Waals surface area contributed by atoms with Gasteiger partial charge in [-0.2, -0.15) is 0 Å². The van der Waals surface area contributed by atoms with Gasteiger partial charge in [0.15, 0.2) is 0 Å². The molecular weight excluding hydrogens is 306 g/mol. The number of imidazole rings is 1. The maximum Gasteiger partial charge on any atom is 0.272 e. The molecule has 1 unspecified atom stereocenters. The Labute approximate surface area is 142 Å². The normalized spacial score (nSPS) is 24.5. The van der Waals surface area contributed by atoms with E-state index >= 15 is 0 Å². The molecule has 0 saturated carbocycles. The van der Waals surface area contributed by atoms with Crippen molar-refractivity contribution in [2.75, 3.05) is 19.6 Å². The highest BCUT2D eigenvalue weighted by Gasteiger charge is 2.37. The third-order valence-electron chi connectivity index (χ3n) is 5.23. The quantitative estimate of drug-likeness (QED) is 0.766. The number of hydrogen-bond acceptors (Lipinski definition) is 4. The van der Waals surface area contributed by atoms with Gasteiger partial charge in [-0.25, -0.2) is 4.98 Å². The molecular formula is C17H27N5O2. The number of aryl methyl sites for hydroxylation is 2. The number of carbonyl (C=O) groups excluding carboxylic acids is 2. The second-order valence-electron chi connectivity index (χ2n) is 7.30. The molecule has 3 rings (SSSR count). The lowest BCUT2D eigenvalue weighted by atomic mass is 9.88. The van der Waals surface area contributed by atoms with Crippen molar-refractivity contribution in [1.82, 2.24) is 25.5 Å². The molecule has 2 amide bonds. The molecule has 0 aromatic carbocycles. The van der Waals surface area contributed by atoms with E-state index < -0.39 is 0 Å². The Balaban J connectivity index is 1.59. The van der Waals surface area contributed by atoms with E-state index in [1.165, 1.54) is 0 Å². The number of aromatic amines is 1. The predicted octanol–water partition coefficient (Wildman–Crippen LogP) is 0.889. The number of hydrogen-bond donors (Lipinski definition) is 3. The van der Waals surface area contributed by atoms with E-state index in [9.17, 15) is 9.59 Å². The van der Waals surface area contributed by atoms with Crippen LogP contribution in [0.2, 0.25) is 0 Å². The van der Waals surface area contributed by atoms with Crippen LogP contribution >= 0.6 is 0 Å². The van der Waals surface area contributed by atoms with Crippen LogP contribution in [0.25, 0.3) is 0 Å². The Bertz CT molecular complexity index is 631. The van der Waals surface area contributed by atoms with Crippen molar-refractivity contribution in [3.05, 3.63) is 17.2 Å². The molecule has 2 aliphatic heterocycles. The van der Waals surface area contributed by atoms with E-state index in [1.54, 1.807) is 0 Å². The molecule has 1 aromatic rings. The minimum atomic E-state index is -0.252. The standard InChI is InChI=1S/C17H27N5O2/c1-11-14(20-12(2)19-11)16(24)21-17(3)6-9-22(10-7-17)13-5-4-8-18-15(13)23/h13H,4-10H2,1-3H3,(H,18,23)(H,19,20)(H,21,24). The molecule has 3 N–H and O–H groups in total. The molecule has 7 nitrogen and oxygen atoms in total. The van der Waals surface area contributed by atoms with Gasteiger partial charge in [-0.15, -0.1) is 0 Å². The van der Waals surface area contributed by atoms with Gasteiger partial charge >= 0.3 is 0 Å². The highest BCUT2D eigenvalue weighted by molar-refractivity contribution is 5.94. The van der Waals surface area contributed by atoms with E-state index in [0.717, 1.165) is 56.8 Å². The number of aromatic nitrogens is 2. The van der Waals surface area contributed by atoms with Gasteiger partial charge in [0, 0.05) is 30.9 Å². The van der Waals surface area contributed by atoms with Gasteiger partial charge in [0.2, 0.25) is 5.91 Å². The smallest absolute Gasteiger partial charge is 0.272 e. The SMILES string of the molecule is Cc1nc(C(=O)NC2(C)CCN(C3CCCNC3=O)CC2)c(C)[nH]1. The average Bonchev–Trinajstić information content (AvgIpc) is 2.87. The van der Waals surface area contributed by atoms with Gasteiger partial charge in [-0.3, -0.25) is 14.5 Å². The summed E-state index contributed by atoms with van der Waals surface area (Å²) in [4.78, 5) is 34.1. The topological polar surface area (TPSA) is 90.1 Å². The average molecular weight is 333 g/mol. The van der Waals surface area contributed by atoms with Gasteiger partial charge in [-0.1, -0.05) is 0 Å². The van der Waals surface area contributed by atoms with Gasteiger partial charge in [0.1, 0.15) is 11.5 Å². The Morgan fingerprint density at radius 2 is 2.04 bits per heavy atom. The lowest BCUT2D eigenvalue weighted by Crippen LogP contribution is -2.58. The third kappa shape index (κ3) is 3.45. The van der Waals surface area contributed by atoms with Crippen molar-refractivity contribution in [3.8, 4) is 0 Å². The van der Waals surface area contributed by atoms with Crippen molar-refractivity contribution in [2.24, 2.45) is 0 Å². The highest BCUT2D eigenvalue weighted by atomic mass is 16.2. The molecule has 1 aromatic heterocycles. The molecule has 1 atom stereocenters. The summed E-state index contributed by atoms with van der Waals surface area (Å²) in [5.74, 6) is 0.778. The number of H-pyrrole nitrogens is 1. The van der Waals surface area contributed by atoms with Crippen LogP contribution < -0.4 is 10.6 Å². The summed E-state index contributed by atoms with van der Waals surface area (Å²) >= 11 is 0. The second-order valence-corrected chi connectivity index (χ2v) is 7.30. The fourth-order valence-electron chi connectivity index (χ4n) is 3.72. The fourth-order valence-corrected chi connectivity index (χ4v) is 3.72. The third-order valence-corrected chi connectivity index (χ3v) is 5.23. The van der Waals surface area contributed by atoms with Crippen LogP contribution in [0.5, 0.6) is 0 Å². The van der Waals surface area contributed by atoms with Crippen LogP contribution in [0.1, 0.15) is 54.6 Å². The van der Waals surface area contributed by atoms with Gasteiger partial charge in [-0.05, 0) is 46.5 Å². The summed E-state index contributed by atoms with van der Waals surface area (Å²) < 4.78 is 0. The molecule has 132 valence electrons. The van der Waals surface area contributed by atoms with E-state index in [-0.39, 0.29) is 23.4 Å². The van der Waals surface area contributed by atoms with E-state index in [2.05, 4.69) is 32.4 Å². The maximum atomic E-state index is 12.5. The van der Waals surface area contributed by atoms with Crippen LogP contribution in [0.3, 0.4) is 0 Å². The molecule has 3 heterocycles. The zero-order valence-corrected chi connectivity index (χ0v) is 14.7. The number of nitrogens with one attached hydrogen (secondary N) is 3. The minimum absolute atomic E-state index is 0.00441. The lowest BCUT2D eigenvalue weighted by Gasteiger charge is -2.43. The van der Waals surface area contributed by atoms with Gasteiger partial charge < -0.3 is 15.6 Å². The van der Waals surface area contributed by atoms with Crippen molar-refractivity contribution >= 4 is 11.8 Å². The number of rotatable bonds is 3. The monoisotopic (exact) mass is 333 g/mol. The van der Waals surface area contributed by atoms with Gasteiger partial charge in [0.05, 0.1) is 6.04 Å². The molecule has 0 radical (unpaired) electrons. The molecule has 7 heteroatoms. The number of likely N-dealkylation sites (tertiary alicyclic amines) is 1. The fraction of sp³-hybridized carbons (Fsp3) is 0.706. The Morgan fingerprint density at radius 1 is 1.33 bits per heavy atom. The Morgan fingerprint density at radius 3 is 2.62 bits per heavy atom. The summed E-state index contributed by atoms with van der Waals surface area (Å²) in [6.45, 7) is 8.24. The van der Waals surface area contributed by atoms with Gasteiger partial charge in [0.25, 0.3) is 5.91 Å². The first-order chi connectivity index (χ1) is 11.4. The van der Waals surface area contributed by atoms with Crippen LogP contribution in [0.4, 0.5) is 0 Å². The van der Waals surface area contributed by atoms with Crippen molar-refractivity contribution in [2.45, 2.75) is 58.0 Å². The van der Waals surface area contributed by atoms with Crippen LogP contribution in [-0.4, -0.2) is 57.9 Å². The van der Waals surface area contributed by atoms with Crippen molar-refractivity contribution in [1.29, 1.82) is 0 Å². The Hall–Kier alpha value is -1.89. The summed E-state index contributed by atoms with van der Waals surface area (Å²) in [6.07, 6.45) is 3.65. The van der Waals surface area contributed by atoms with E-state index in [0.29, 0.717) is 5.69 Å². The number of piperidine rings is 2. The van der Waals surface area contributed by atoms with Crippen LogP contribution in [-0.2, 0) is 4.79 Å². The largest absolute Gasteiger partial charge is 0.355 e. The number of amides is 2. The second kappa shape index (κ2) is 6.55. The highest BCUT2D eigenvalue weighted by Crippen LogP contribution is 2.25. The van der Waals surface area contributed by atoms with Crippen molar-refractivity contribution in [3.63, 3.8) is 0 Å². The molecule has 2 aliphatic rings. The zero-order valence-electron chi connectivity index (χ0n) is 14.7. The summed E-state index contributed by atoms with van der Waals surface area (Å²) in [7, 11) is 0. The van der Waals surface area contributed by atoms with Crippen LogP contribution in [0.15, 0.2) is 0 Å². The van der Waals surface area contributed by atoms with Crippen LogP contribution in [0, 0.1) is 13.8 Å². The van der Waals surface area contributed by atoms with E-state index in [4.69, 9.17) is 0 Å². The Kier molecular flexibility index (Phi) is 4.62.